The molecule has 1 saturated heterocycles. The van der Waals surface area contributed by atoms with Crippen molar-refractivity contribution in [3.63, 3.8) is 0 Å². The average molecular weight is 290 g/mol. The number of anilines is 1. The zero-order valence-electron chi connectivity index (χ0n) is 11.6. The lowest BCUT2D eigenvalue weighted by Gasteiger charge is -2.34. The largest absolute Gasteiger partial charge is 0.480 e. The first-order valence-corrected chi connectivity index (χ1v) is 7.15. The minimum atomic E-state index is -1.06. The molecule has 2 N–H and O–H groups in total. The van der Waals surface area contributed by atoms with Gasteiger partial charge >= 0.3 is 12.0 Å². The van der Waals surface area contributed by atoms with Crippen LogP contribution in [0, 0.1) is 0 Å². The number of carbonyl (C=O) groups excluding carboxylic acids is 1. The third-order valence-corrected chi connectivity index (χ3v) is 4.15. The van der Waals surface area contributed by atoms with E-state index in [9.17, 15) is 19.8 Å². The number of aliphatic hydroxyl groups excluding tert-OH is 1. The Kier molecular flexibility index (Phi) is 3.55. The van der Waals surface area contributed by atoms with Crippen molar-refractivity contribution >= 4 is 17.7 Å². The molecule has 2 aliphatic heterocycles. The van der Waals surface area contributed by atoms with Crippen LogP contribution in [0.1, 0.15) is 18.4 Å². The molecule has 0 unspecified atom stereocenters. The van der Waals surface area contributed by atoms with Crippen LogP contribution in [0.15, 0.2) is 24.3 Å². The van der Waals surface area contributed by atoms with Crippen LogP contribution in [0.5, 0.6) is 0 Å². The lowest BCUT2D eigenvalue weighted by molar-refractivity contribution is -0.141. The first kappa shape index (κ1) is 13.9. The van der Waals surface area contributed by atoms with Gasteiger partial charge in [-0.2, -0.15) is 0 Å². The summed E-state index contributed by atoms with van der Waals surface area (Å²) in [5.74, 6) is -1.06. The number of hydrogen-bond donors (Lipinski definition) is 2. The van der Waals surface area contributed by atoms with Crippen molar-refractivity contribution in [2.45, 2.75) is 31.4 Å². The fourth-order valence-electron chi connectivity index (χ4n) is 3.15. The SMILES string of the molecule is O=C(O)[C@@H]1C[C@@H](O)CN1C(=O)N1CCCc2ccccc21. The highest BCUT2D eigenvalue weighted by molar-refractivity contribution is 5.96. The number of aliphatic carboxylic acids is 1. The normalized spacial score (nSPS) is 24.8. The molecule has 0 spiro atoms. The number of rotatable bonds is 1. The van der Waals surface area contributed by atoms with Gasteiger partial charge in [-0.3, -0.25) is 4.90 Å². The number of para-hydroxylation sites is 1. The second-order valence-corrected chi connectivity index (χ2v) is 5.56. The van der Waals surface area contributed by atoms with Crippen molar-refractivity contribution in [2.75, 3.05) is 18.0 Å². The lowest BCUT2D eigenvalue weighted by atomic mass is 10.0. The molecule has 0 saturated carbocycles. The van der Waals surface area contributed by atoms with Crippen molar-refractivity contribution in [3.05, 3.63) is 29.8 Å². The Morgan fingerprint density at radius 2 is 2.00 bits per heavy atom. The number of carbonyl (C=O) groups is 2. The van der Waals surface area contributed by atoms with Crippen molar-refractivity contribution in [2.24, 2.45) is 0 Å². The van der Waals surface area contributed by atoms with E-state index in [1.807, 2.05) is 24.3 Å². The summed E-state index contributed by atoms with van der Waals surface area (Å²) >= 11 is 0. The van der Waals surface area contributed by atoms with Crippen LogP contribution in [-0.2, 0) is 11.2 Å². The minimum absolute atomic E-state index is 0.0778. The van der Waals surface area contributed by atoms with Crippen molar-refractivity contribution < 1.29 is 19.8 Å². The highest BCUT2D eigenvalue weighted by atomic mass is 16.4. The minimum Gasteiger partial charge on any atom is -0.480 e. The summed E-state index contributed by atoms with van der Waals surface area (Å²) in [5.41, 5.74) is 1.95. The summed E-state index contributed by atoms with van der Waals surface area (Å²) < 4.78 is 0. The Morgan fingerprint density at radius 1 is 1.24 bits per heavy atom. The van der Waals surface area contributed by atoms with E-state index in [4.69, 9.17) is 0 Å². The van der Waals surface area contributed by atoms with Crippen LogP contribution in [-0.4, -0.2) is 52.3 Å². The predicted molar refractivity (Wildman–Crippen MR) is 76.3 cm³/mol. The summed E-state index contributed by atoms with van der Waals surface area (Å²) in [6.07, 6.45) is 1.10. The molecular weight excluding hydrogens is 272 g/mol. The molecule has 2 heterocycles. The van der Waals surface area contributed by atoms with Crippen LogP contribution >= 0.6 is 0 Å². The number of carboxylic acid groups (broad SMARTS) is 1. The third kappa shape index (κ3) is 2.47. The smallest absolute Gasteiger partial charge is 0.326 e. The number of amides is 2. The van der Waals surface area contributed by atoms with E-state index in [0.29, 0.717) is 6.54 Å². The van der Waals surface area contributed by atoms with Gasteiger partial charge in [-0.05, 0) is 24.5 Å². The highest BCUT2D eigenvalue weighted by Gasteiger charge is 2.41. The van der Waals surface area contributed by atoms with Crippen molar-refractivity contribution in [1.29, 1.82) is 0 Å². The van der Waals surface area contributed by atoms with E-state index in [2.05, 4.69) is 0 Å². The Hall–Kier alpha value is -2.08. The maximum absolute atomic E-state index is 12.7. The second kappa shape index (κ2) is 5.37. The number of hydrogen-bond acceptors (Lipinski definition) is 3. The fourth-order valence-corrected chi connectivity index (χ4v) is 3.15. The van der Waals surface area contributed by atoms with Crippen LogP contribution in [0.4, 0.5) is 10.5 Å². The monoisotopic (exact) mass is 290 g/mol. The molecule has 0 aliphatic carbocycles. The van der Waals surface area contributed by atoms with Crippen molar-refractivity contribution in [3.8, 4) is 0 Å². The second-order valence-electron chi connectivity index (χ2n) is 5.56. The molecule has 6 nitrogen and oxygen atoms in total. The molecule has 0 radical (unpaired) electrons. The summed E-state index contributed by atoms with van der Waals surface area (Å²) in [6, 6.07) is 6.41. The van der Waals surface area contributed by atoms with Gasteiger partial charge < -0.3 is 15.1 Å². The molecule has 0 aromatic heterocycles. The fraction of sp³-hybridized carbons (Fsp3) is 0.467. The molecule has 3 rings (SSSR count). The van der Waals surface area contributed by atoms with Crippen LogP contribution in [0.2, 0.25) is 0 Å². The molecule has 1 fully saturated rings. The standard InChI is InChI=1S/C15H18N2O4/c18-11-8-13(14(19)20)17(9-11)15(21)16-7-3-5-10-4-1-2-6-12(10)16/h1-2,4,6,11,13,18H,3,5,7-9H2,(H,19,20)/t11-,13+/m1/s1. The van der Waals surface area contributed by atoms with Crippen LogP contribution < -0.4 is 4.90 Å². The van der Waals surface area contributed by atoms with Crippen LogP contribution in [0.3, 0.4) is 0 Å². The number of aryl methyl sites for hydroxylation is 1. The van der Waals surface area contributed by atoms with Gasteiger partial charge in [-0.1, -0.05) is 18.2 Å². The van der Waals surface area contributed by atoms with E-state index >= 15 is 0 Å². The Bertz CT molecular complexity index is 575. The van der Waals surface area contributed by atoms with Gasteiger partial charge in [0.05, 0.1) is 6.10 Å². The van der Waals surface area contributed by atoms with Gasteiger partial charge in [0.15, 0.2) is 0 Å². The van der Waals surface area contributed by atoms with Crippen LogP contribution in [0.25, 0.3) is 0 Å². The molecule has 112 valence electrons. The predicted octanol–water partition coefficient (Wildman–Crippen LogP) is 1.08. The number of likely N-dealkylation sites (tertiary alicyclic amines) is 1. The van der Waals surface area contributed by atoms with E-state index in [-0.39, 0.29) is 19.0 Å². The summed E-state index contributed by atoms with van der Waals surface area (Å²) in [6.45, 7) is 0.656. The molecule has 2 aliphatic rings. The molecular formula is C15H18N2O4. The summed E-state index contributed by atoms with van der Waals surface area (Å²) in [4.78, 5) is 26.9. The number of β-amino-alcohol motifs (C(OH)–C–C–N with tert-alkyl or cyclic N) is 1. The van der Waals surface area contributed by atoms with Gasteiger partial charge in [0.2, 0.25) is 0 Å². The number of urea groups is 1. The maximum Gasteiger partial charge on any atom is 0.326 e. The molecule has 6 heteroatoms. The van der Waals surface area contributed by atoms with Gasteiger partial charge in [0.1, 0.15) is 6.04 Å². The molecule has 1 aromatic carbocycles. The lowest BCUT2D eigenvalue weighted by Crippen LogP contribution is -2.49. The van der Waals surface area contributed by atoms with E-state index < -0.39 is 18.1 Å². The number of benzene rings is 1. The van der Waals surface area contributed by atoms with Gasteiger partial charge in [0, 0.05) is 25.2 Å². The van der Waals surface area contributed by atoms with E-state index in [1.165, 1.54) is 4.90 Å². The summed E-state index contributed by atoms with van der Waals surface area (Å²) in [7, 11) is 0. The number of fused-ring (bicyclic) bond motifs is 1. The first-order valence-electron chi connectivity index (χ1n) is 7.15. The third-order valence-electron chi connectivity index (χ3n) is 4.15. The summed E-state index contributed by atoms with van der Waals surface area (Å²) in [5, 5.41) is 18.9. The highest BCUT2D eigenvalue weighted by Crippen LogP contribution is 2.29. The number of carboxylic acids is 1. The van der Waals surface area contributed by atoms with Gasteiger partial charge in [0.25, 0.3) is 0 Å². The Morgan fingerprint density at radius 3 is 2.76 bits per heavy atom. The molecule has 0 bridgehead atoms. The topological polar surface area (TPSA) is 81.1 Å². The zero-order chi connectivity index (χ0) is 15.0. The molecule has 1 aromatic rings. The number of nitrogens with zero attached hydrogens (tertiary/aromatic N) is 2. The maximum atomic E-state index is 12.7. The van der Waals surface area contributed by atoms with Gasteiger partial charge in [-0.25, -0.2) is 9.59 Å². The van der Waals surface area contributed by atoms with E-state index in [1.54, 1.807) is 4.90 Å². The average Bonchev–Trinajstić information content (AvgIpc) is 2.88. The van der Waals surface area contributed by atoms with Crippen molar-refractivity contribution in [1.82, 2.24) is 4.90 Å². The zero-order valence-corrected chi connectivity index (χ0v) is 11.6. The van der Waals surface area contributed by atoms with Gasteiger partial charge in [-0.15, -0.1) is 0 Å². The number of aliphatic hydroxyl groups is 1. The molecule has 2 atom stereocenters. The molecule has 21 heavy (non-hydrogen) atoms. The Balaban J connectivity index is 1.87. The van der Waals surface area contributed by atoms with E-state index in [0.717, 1.165) is 24.1 Å². The molecule has 2 amide bonds. The first-order chi connectivity index (χ1) is 10.1. The Labute approximate surface area is 122 Å². The quantitative estimate of drug-likeness (QED) is 0.811.